The molecule has 0 spiro atoms. The van der Waals surface area contributed by atoms with Crippen LogP contribution in [0.25, 0.3) is 0 Å². The Kier molecular flexibility index (Phi) is 7.82. The van der Waals surface area contributed by atoms with Gasteiger partial charge in [-0.15, -0.1) is 0 Å². The molecular weight excluding hydrogens is 368 g/mol. The zero-order chi connectivity index (χ0) is 8.69. The molecule has 1 unspecified atom stereocenters. The van der Waals surface area contributed by atoms with Crippen molar-refractivity contribution in [2.45, 2.75) is 10.8 Å². The first-order chi connectivity index (χ1) is 5.20. The molecule has 0 aromatic carbocycles. The Hall–Kier alpha value is 0.700. The van der Waals surface area contributed by atoms with Gasteiger partial charge in [0.15, 0.2) is 0 Å². The summed E-state index contributed by atoms with van der Waals surface area (Å²) in [6.07, 6.45) is 5.80. The number of nitrogens with one attached hydrogen (secondary N) is 1. The average Bonchev–Trinajstić information content (AvgIpc) is 1.97. The molecular formula is C7H11I2NO. The van der Waals surface area contributed by atoms with Crippen LogP contribution >= 0.6 is 45.2 Å². The average molecular weight is 379 g/mol. The fourth-order valence-electron chi connectivity index (χ4n) is 0.470. The van der Waals surface area contributed by atoms with Gasteiger partial charge in [0.2, 0.25) is 0 Å². The van der Waals surface area contributed by atoms with Crippen molar-refractivity contribution in [3.63, 3.8) is 0 Å². The molecule has 0 bridgehead atoms. The predicted octanol–water partition coefficient (Wildman–Crippen LogP) is 2.66. The van der Waals surface area contributed by atoms with Gasteiger partial charge in [0.05, 0.1) is 5.70 Å². The number of alkyl halides is 2. The van der Waals surface area contributed by atoms with Gasteiger partial charge >= 0.3 is 0 Å². The first-order valence-corrected chi connectivity index (χ1v) is 5.96. The van der Waals surface area contributed by atoms with E-state index in [0.717, 1.165) is 10.1 Å². The molecule has 0 aliphatic carbocycles. The maximum Gasteiger partial charge on any atom is 0.0567 e. The summed E-state index contributed by atoms with van der Waals surface area (Å²) in [6, 6.07) is 0. The molecule has 0 aromatic heterocycles. The Labute approximate surface area is 94.4 Å². The first kappa shape index (κ1) is 11.7. The van der Waals surface area contributed by atoms with E-state index in [1.165, 1.54) is 0 Å². The summed E-state index contributed by atoms with van der Waals surface area (Å²) < 4.78 is 1.37. The minimum atomic E-state index is 0.485. The lowest BCUT2D eigenvalue weighted by Crippen LogP contribution is -2.04. The van der Waals surface area contributed by atoms with Crippen LogP contribution in [0.15, 0.2) is 23.9 Å². The maximum absolute atomic E-state index is 8.59. The van der Waals surface area contributed by atoms with E-state index in [9.17, 15) is 0 Å². The number of hydroxylamine groups is 1. The van der Waals surface area contributed by atoms with E-state index >= 15 is 0 Å². The lowest BCUT2D eigenvalue weighted by molar-refractivity contribution is 0.204. The van der Waals surface area contributed by atoms with Crippen molar-refractivity contribution < 1.29 is 5.21 Å². The summed E-state index contributed by atoms with van der Waals surface area (Å²) >= 11 is 4.51. The smallest absolute Gasteiger partial charge is 0.0567 e. The number of rotatable bonds is 4. The number of halogens is 2. The van der Waals surface area contributed by atoms with Gasteiger partial charge in [-0.1, -0.05) is 51.3 Å². The highest BCUT2D eigenvalue weighted by atomic mass is 127. The van der Waals surface area contributed by atoms with Crippen molar-refractivity contribution in [2.24, 2.45) is 0 Å². The number of allylic oxidation sites excluding steroid dienone is 3. The molecule has 2 nitrogen and oxygen atoms in total. The Morgan fingerprint density at radius 1 is 1.73 bits per heavy atom. The first-order valence-electron chi connectivity index (χ1n) is 3.19. The molecule has 0 rings (SSSR count). The summed E-state index contributed by atoms with van der Waals surface area (Å²) in [4.78, 5) is 0. The fraction of sp³-hybridized carbons (Fsp3) is 0.429. The monoisotopic (exact) mass is 379 g/mol. The largest absolute Gasteiger partial charge is 0.291 e. The molecule has 1 atom stereocenters. The molecule has 0 fully saturated rings. The fourth-order valence-corrected chi connectivity index (χ4v) is 1.15. The van der Waals surface area contributed by atoms with Gasteiger partial charge < -0.3 is 0 Å². The van der Waals surface area contributed by atoms with Crippen molar-refractivity contribution in [2.75, 3.05) is 4.43 Å². The second-order valence-electron chi connectivity index (χ2n) is 1.96. The second-order valence-corrected chi connectivity index (χ2v) is 4.81. The highest BCUT2D eigenvalue weighted by Gasteiger charge is 1.89. The van der Waals surface area contributed by atoms with E-state index in [2.05, 4.69) is 57.6 Å². The quantitative estimate of drug-likeness (QED) is 0.341. The molecule has 0 amide bonds. The SMILES string of the molecule is CC(I)/C=C\C(=C/CI)NO. The molecule has 2 N–H and O–H groups in total. The van der Waals surface area contributed by atoms with E-state index in [0.29, 0.717) is 3.92 Å². The van der Waals surface area contributed by atoms with Gasteiger partial charge in [-0.2, -0.15) is 0 Å². The third kappa shape index (κ3) is 7.07. The van der Waals surface area contributed by atoms with Gasteiger partial charge in [0.1, 0.15) is 0 Å². The topological polar surface area (TPSA) is 32.3 Å². The van der Waals surface area contributed by atoms with Crippen LogP contribution in [0.4, 0.5) is 0 Å². The molecule has 0 radical (unpaired) electrons. The third-order valence-corrected chi connectivity index (χ3v) is 1.82. The molecule has 64 valence electrons. The van der Waals surface area contributed by atoms with Crippen LogP contribution in [0.5, 0.6) is 0 Å². The molecule has 4 heteroatoms. The molecule has 11 heavy (non-hydrogen) atoms. The summed E-state index contributed by atoms with van der Waals surface area (Å²) in [5, 5.41) is 8.59. The molecule has 0 aromatic rings. The van der Waals surface area contributed by atoms with Crippen molar-refractivity contribution in [3.05, 3.63) is 23.9 Å². The Morgan fingerprint density at radius 2 is 2.36 bits per heavy atom. The molecule has 0 aliphatic rings. The third-order valence-electron chi connectivity index (χ3n) is 0.967. The summed E-state index contributed by atoms with van der Waals surface area (Å²) in [7, 11) is 0. The second kappa shape index (κ2) is 7.35. The van der Waals surface area contributed by atoms with Gasteiger partial charge in [0.25, 0.3) is 0 Å². The number of hydrogen-bond acceptors (Lipinski definition) is 2. The van der Waals surface area contributed by atoms with Crippen LogP contribution in [0.3, 0.4) is 0 Å². The lowest BCUT2D eigenvalue weighted by Gasteiger charge is -1.98. The van der Waals surface area contributed by atoms with Crippen molar-refractivity contribution >= 4 is 45.2 Å². The minimum absolute atomic E-state index is 0.485. The summed E-state index contributed by atoms with van der Waals surface area (Å²) in [5.41, 5.74) is 2.88. The van der Waals surface area contributed by atoms with Gasteiger partial charge in [-0.3, -0.25) is 10.7 Å². The van der Waals surface area contributed by atoms with Crippen LogP contribution < -0.4 is 5.48 Å². The normalized spacial score (nSPS) is 15.5. The van der Waals surface area contributed by atoms with Crippen LogP contribution in [0.2, 0.25) is 0 Å². The van der Waals surface area contributed by atoms with Gasteiger partial charge in [-0.05, 0) is 19.1 Å². The van der Waals surface area contributed by atoms with Crippen LogP contribution in [0, 0.1) is 0 Å². The Balaban J connectivity index is 3.97. The molecule has 0 heterocycles. The Bertz CT molecular complexity index is 155. The van der Waals surface area contributed by atoms with Crippen LogP contribution in [0.1, 0.15) is 6.92 Å². The van der Waals surface area contributed by atoms with Crippen LogP contribution in [-0.2, 0) is 0 Å². The van der Waals surface area contributed by atoms with Gasteiger partial charge in [0, 0.05) is 8.35 Å². The standard InChI is InChI=1S/C7H11I2NO/c1-6(9)2-3-7(10-11)4-5-8/h2-4,6,10-11H,5H2,1H3/b3-2-,7-4+. The maximum atomic E-state index is 8.59. The van der Waals surface area contributed by atoms with Crippen LogP contribution in [-0.4, -0.2) is 13.6 Å². The van der Waals surface area contributed by atoms with E-state index < -0.39 is 0 Å². The predicted molar refractivity (Wildman–Crippen MR) is 64.5 cm³/mol. The summed E-state index contributed by atoms with van der Waals surface area (Å²) in [5.74, 6) is 0. The minimum Gasteiger partial charge on any atom is -0.291 e. The van der Waals surface area contributed by atoms with Crippen molar-refractivity contribution in [1.82, 2.24) is 5.48 Å². The van der Waals surface area contributed by atoms with Crippen molar-refractivity contribution in [3.8, 4) is 0 Å². The summed E-state index contributed by atoms with van der Waals surface area (Å²) in [6.45, 7) is 2.08. The van der Waals surface area contributed by atoms with Gasteiger partial charge in [-0.25, -0.2) is 0 Å². The van der Waals surface area contributed by atoms with Crippen molar-refractivity contribution in [1.29, 1.82) is 0 Å². The van der Waals surface area contributed by atoms with E-state index in [-0.39, 0.29) is 0 Å². The zero-order valence-electron chi connectivity index (χ0n) is 6.22. The van der Waals surface area contributed by atoms with E-state index in [1.54, 1.807) is 0 Å². The molecule has 0 aliphatic heterocycles. The van der Waals surface area contributed by atoms with E-state index in [4.69, 9.17) is 5.21 Å². The zero-order valence-corrected chi connectivity index (χ0v) is 10.5. The Morgan fingerprint density at radius 3 is 2.73 bits per heavy atom. The number of hydrogen-bond donors (Lipinski definition) is 2. The molecule has 0 saturated heterocycles. The lowest BCUT2D eigenvalue weighted by atomic mass is 10.3. The highest BCUT2D eigenvalue weighted by molar-refractivity contribution is 14.1. The highest BCUT2D eigenvalue weighted by Crippen LogP contribution is 2.02. The van der Waals surface area contributed by atoms with E-state index in [1.807, 2.05) is 18.2 Å². The molecule has 0 saturated carbocycles.